The molecule has 0 aromatic carbocycles. The summed E-state index contributed by atoms with van der Waals surface area (Å²) >= 11 is 0. The Labute approximate surface area is 118 Å². The van der Waals surface area contributed by atoms with E-state index in [1.807, 2.05) is 13.8 Å². The van der Waals surface area contributed by atoms with E-state index in [0.29, 0.717) is 18.9 Å². The van der Waals surface area contributed by atoms with Gasteiger partial charge in [0.2, 0.25) is 5.91 Å². The molecule has 1 unspecified atom stereocenters. The molecule has 2 amide bonds. The van der Waals surface area contributed by atoms with E-state index in [2.05, 4.69) is 20.8 Å². The van der Waals surface area contributed by atoms with Crippen LogP contribution in [-0.4, -0.2) is 53.1 Å². The van der Waals surface area contributed by atoms with Gasteiger partial charge in [-0.3, -0.25) is 9.59 Å². The van der Waals surface area contributed by atoms with Gasteiger partial charge in [0.25, 0.3) is 5.91 Å². The number of hydrogen-bond acceptors (Lipinski definition) is 5. The Bertz CT molecular complexity index is 460. The van der Waals surface area contributed by atoms with Gasteiger partial charge in [-0.15, -0.1) is 10.2 Å². The van der Waals surface area contributed by atoms with E-state index in [-0.39, 0.29) is 17.5 Å². The van der Waals surface area contributed by atoms with Crippen LogP contribution in [0.25, 0.3) is 0 Å². The molecule has 1 heterocycles. The van der Waals surface area contributed by atoms with Crippen LogP contribution in [0.15, 0.2) is 12.1 Å². The van der Waals surface area contributed by atoms with Gasteiger partial charge in [-0.2, -0.15) is 0 Å². The largest absolute Gasteiger partial charge is 0.357 e. The minimum atomic E-state index is -0.399. The maximum Gasteiger partial charge on any atom is 0.271 e. The summed E-state index contributed by atoms with van der Waals surface area (Å²) in [6.07, 6.45) is 0. The fourth-order valence-corrected chi connectivity index (χ4v) is 1.55. The van der Waals surface area contributed by atoms with E-state index in [0.717, 1.165) is 0 Å². The molecule has 0 fully saturated rings. The van der Waals surface area contributed by atoms with Crippen molar-refractivity contribution in [3.8, 4) is 0 Å². The van der Waals surface area contributed by atoms with Crippen molar-refractivity contribution in [2.75, 3.05) is 25.5 Å². The second-order valence-electron chi connectivity index (χ2n) is 4.38. The minimum Gasteiger partial charge on any atom is -0.357 e. The van der Waals surface area contributed by atoms with Gasteiger partial charge in [-0.05, 0) is 32.9 Å². The topological polar surface area (TPSA) is 87.2 Å². The molecule has 1 aromatic rings. The van der Waals surface area contributed by atoms with Crippen molar-refractivity contribution >= 4 is 17.6 Å². The van der Waals surface area contributed by atoms with Gasteiger partial charge in [0.1, 0.15) is 11.9 Å². The Kier molecular flexibility index (Phi) is 5.89. The number of hydrogen-bond donors (Lipinski definition) is 2. The molecule has 0 bridgehead atoms. The lowest BCUT2D eigenvalue weighted by Crippen LogP contribution is -2.39. The molecule has 0 aliphatic carbocycles. The lowest BCUT2D eigenvalue weighted by atomic mass is 10.3. The van der Waals surface area contributed by atoms with E-state index in [1.165, 1.54) is 0 Å². The SMILES string of the molecule is CCNC(=O)c1ccc(NC(C)C(=O)N(C)CC)nn1. The van der Waals surface area contributed by atoms with Crippen molar-refractivity contribution < 1.29 is 9.59 Å². The van der Waals surface area contributed by atoms with E-state index >= 15 is 0 Å². The fraction of sp³-hybridized carbons (Fsp3) is 0.538. The van der Waals surface area contributed by atoms with Gasteiger partial charge < -0.3 is 15.5 Å². The first-order valence-electron chi connectivity index (χ1n) is 6.63. The molecule has 0 aliphatic heterocycles. The molecular formula is C13H21N5O2. The lowest BCUT2D eigenvalue weighted by Gasteiger charge is -2.20. The molecule has 0 aliphatic rings. The molecule has 0 saturated heterocycles. The first-order chi connectivity index (χ1) is 9.49. The molecule has 1 rings (SSSR count). The molecule has 0 spiro atoms. The fourth-order valence-electron chi connectivity index (χ4n) is 1.55. The van der Waals surface area contributed by atoms with Crippen LogP contribution in [-0.2, 0) is 4.79 Å². The maximum absolute atomic E-state index is 11.9. The third-order valence-electron chi connectivity index (χ3n) is 2.82. The van der Waals surface area contributed by atoms with Gasteiger partial charge in [0.05, 0.1) is 0 Å². The Balaban J connectivity index is 2.66. The molecule has 1 atom stereocenters. The van der Waals surface area contributed by atoms with Crippen molar-refractivity contribution in [1.29, 1.82) is 0 Å². The molecular weight excluding hydrogens is 258 g/mol. The van der Waals surface area contributed by atoms with Crippen LogP contribution in [0.3, 0.4) is 0 Å². The Morgan fingerprint density at radius 1 is 1.30 bits per heavy atom. The Hall–Kier alpha value is -2.18. The summed E-state index contributed by atoms with van der Waals surface area (Å²) in [6, 6.07) is 2.80. The van der Waals surface area contributed by atoms with Crippen LogP contribution < -0.4 is 10.6 Å². The summed E-state index contributed by atoms with van der Waals surface area (Å²) in [5, 5.41) is 13.3. The van der Waals surface area contributed by atoms with Crippen molar-refractivity contribution in [1.82, 2.24) is 20.4 Å². The zero-order valence-corrected chi connectivity index (χ0v) is 12.3. The van der Waals surface area contributed by atoms with Crippen LogP contribution >= 0.6 is 0 Å². The summed E-state index contributed by atoms with van der Waals surface area (Å²) in [6.45, 7) is 6.68. The Morgan fingerprint density at radius 3 is 2.50 bits per heavy atom. The average molecular weight is 279 g/mol. The average Bonchev–Trinajstić information content (AvgIpc) is 2.46. The third kappa shape index (κ3) is 4.18. The van der Waals surface area contributed by atoms with Crippen molar-refractivity contribution in [2.45, 2.75) is 26.8 Å². The number of nitrogens with zero attached hydrogens (tertiary/aromatic N) is 3. The quantitative estimate of drug-likeness (QED) is 0.792. The smallest absolute Gasteiger partial charge is 0.271 e. The number of nitrogens with one attached hydrogen (secondary N) is 2. The molecule has 2 N–H and O–H groups in total. The monoisotopic (exact) mass is 279 g/mol. The van der Waals surface area contributed by atoms with Gasteiger partial charge in [-0.25, -0.2) is 0 Å². The van der Waals surface area contributed by atoms with E-state index < -0.39 is 6.04 Å². The summed E-state index contributed by atoms with van der Waals surface area (Å²) in [5.74, 6) is 0.173. The number of aromatic nitrogens is 2. The van der Waals surface area contributed by atoms with Crippen LogP contribution in [0.2, 0.25) is 0 Å². The van der Waals surface area contributed by atoms with Crippen molar-refractivity contribution in [3.05, 3.63) is 17.8 Å². The molecule has 0 radical (unpaired) electrons. The number of carbonyl (C=O) groups is 2. The van der Waals surface area contributed by atoms with E-state index in [1.54, 1.807) is 31.0 Å². The van der Waals surface area contributed by atoms with Crippen LogP contribution in [0.5, 0.6) is 0 Å². The highest BCUT2D eigenvalue weighted by Crippen LogP contribution is 2.05. The highest BCUT2D eigenvalue weighted by molar-refractivity contribution is 5.92. The standard InChI is InChI=1S/C13H21N5O2/c1-5-14-12(19)10-7-8-11(17-16-10)15-9(3)13(20)18(4)6-2/h7-9H,5-6H2,1-4H3,(H,14,19)(H,15,17). The second kappa shape index (κ2) is 7.42. The predicted octanol–water partition coefficient (Wildman–Crippen LogP) is 0.505. The van der Waals surface area contributed by atoms with Crippen molar-refractivity contribution in [2.24, 2.45) is 0 Å². The zero-order chi connectivity index (χ0) is 15.1. The van der Waals surface area contributed by atoms with E-state index in [4.69, 9.17) is 0 Å². The number of anilines is 1. The molecule has 7 heteroatoms. The van der Waals surface area contributed by atoms with Gasteiger partial charge in [-0.1, -0.05) is 0 Å². The summed E-state index contributed by atoms with van der Waals surface area (Å²) in [7, 11) is 1.74. The summed E-state index contributed by atoms with van der Waals surface area (Å²) in [5.41, 5.74) is 0.252. The third-order valence-corrected chi connectivity index (χ3v) is 2.82. The van der Waals surface area contributed by atoms with Gasteiger partial charge in [0, 0.05) is 20.1 Å². The van der Waals surface area contributed by atoms with Crippen LogP contribution in [0.1, 0.15) is 31.3 Å². The zero-order valence-electron chi connectivity index (χ0n) is 12.3. The summed E-state index contributed by atoms with van der Waals surface area (Å²) in [4.78, 5) is 25.0. The van der Waals surface area contributed by atoms with Crippen LogP contribution in [0, 0.1) is 0 Å². The predicted molar refractivity (Wildman–Crippen MR) is 76.4 cm³/mol. The Morgan fingerprint density at radius 2 is 2.00 bits per heavy atom. The summed E-state index contributed by atoms with van der Waals surface area (Å²) < 4.78 is 0. The second-order valence-corrected chi connectivity index (χ2v) is 4.38. The first kappa shape index (κ1) is 15.9. The van der Waals surface area contributed by atoms with E-state index in [9.17, 15) is 9.59 Å². The first-order valence-corrected chi connectivity index (χ1v) is 6.63. The minimum absolute atomic E-state index is 0.0258. The highest BCUT2D eigenvalue weighted by Gasteiger charge is 2.16. The normalized spacial score (nSPS) is 11.6. The number of carbonyl (C=O) groups excluding carboxylic acids is 2. The highest BCUT2D eigenvalue weighted by atomic mass is 16.2. The number of amides is 2. The maximum atomic E-state index is 11.9. The van der Waals surface area contributed by atoms with Crippen LogP contribution in [0.4, 0.5) is 5.82 Å². The molecule has 1 aromatic heterocycles. The van der Waals surface area contributed by atoms with Crippen molar-refractivity contribution in [3.63, 3.8) is 0 Å². The number of likely N-dealkylation sites (N-methyl/N-ethyl adjacent to an activating group) is 1. The molecule has 110 valence electrons. The molecule has 7 nitrogen and oxygen atoms in total. The van der Waals surface area contributed by atoms with Gasteiger partial charge >= 0.3 is 0 Å². The molecule has 20 heavy (non-hydrogen) atoms. The molecule has 0 saturated carbocycles. The lowest BCUT2D eigenvalue weighted by molar-refractivity contribution is -0.130. The van der Waals surface area contributed by atoms with Gasteiger partial charge in [0.15, 0.2) is 5.69 Å². The number of rotatable bonds is 6.